The molecule has 0 N–H and O–H groups in total. The van der Waals surface area contributed by atoms with Crippen molar-refractivity contribution in [1.29, 1.82) is 5.26 Å². The third-order valence-electron chi connectivity index (χ3n) is 6.09. The summed E-state index contributed by atoms with van der Waals surface area (Å²) < 4.78 is 19.3. The number of nitrogens with zero attached hydrogens (tertiary/aromatic N) is 5. The van der Waals surface area contributed by atoms with Crippen LogP contribution in [0.25, 0.3) is 0 Å². The van der Waals surface area contributed by atoms with Gasteiger partial charge in [0.25, 0.3) is 0 Å². The van der Waals surface area contributed by atoms with Gasteiger partial charge >= 0.3 is 0 Å². The van der Waals surface area contributed by atoms with Gasteiger partial charge in [-0.2, -0.15) is 5.26 Å². The summed E-state index contributed by atoms with van der Waals surface area (Å²) in [5.74, 6) is 0.300. The first-order valence-corrected chi connectivity index (χ1v) is 11.1. The number of nitriles is 1. The largest absolute Gasteiger partial charge is 0.359 e. The molecule has 1 fully saturated rings. The van der Waals surface area contributed by atoms with Crippen LogP contribution >= 0.6 is 0 Å². The number of pyridine rings is 2. The first-order chi connectivity index (χ1) is 15.4. The topological polar surface area (TPSA) is 82.3 Å². The number of likely N-dealkylation sites (N-methyl/N-ethyl adjacent to an activating group) is 2. The van der Waals surface area contributed by atoms with Crippen LogP contribution in [0.15, 0.2) is 36.7 Å². The summed E-state index contributed by atoms with van der Waals surface area (Å²) in [4.78, 5) is 25.4. The fraction of sp³-hybridized carbons (Fsp3) is 0.500. The SMILES string of the molecule is CCN(CC(C)N(CC)c1ccc(C#N)cn1)C(=O)COC1(c2ccc(F)cn2)CCC1. The van der Waals surface area contributed by atoms with Crippen molar-refractivity contribution < 1.29 is 13.9 Å². The Kier molecular flexibility index (Phi) is 7.75. The van der Waals surface area contributed by atoms with Crippen molar-refractivity contribution in [2.45, 2.75) is 51.7 Å². The number of hydrogen-bond acceptors (Lipinski definition) is 6. The molecule has 8 heteroatoms. The Morgan fingerprint density at radius 1 is 1.22 bits per heavy atom. The number of anilines is 1. The summed E-state index contributed by atoms with van der Waals surface area (Å²) >= 11 is 0. The zero-order chi connectivity index (χ0) is 23.1. The Bertz CT molecular complexity index is 938. The molecule has 0 saturated heterocycles. The molecule has 1 aliphatic rings. The minimum Gasteiger partial charge on any atom is -0.359 e. The van der Waals surface area contributed by atoms with E-state index in [2.05, 4.69) is 27.9 Å². The Hall–Kier alpha value is -3.05. The van der Waals surface area contributed by atoms with E-state index in [9.17, 15) is 9.18 Å². The monoisotopic (exact) mass is 439 g/mol. The third-order valence-corrected chi connectivity index (χ3v) is 6.09. The number of ether oxygens (including phenoxy) is 1. The van der Waals surface area contributed by atoms with Gasteiger partial charge in [-0.05, 0) is 64.3 Å². The van der Waals surface area contributed by atoms with Crippen LogP contribution in [0, 0.1) is 17.1 Å². The Morgan fingerprint density at radius 2 is 2.00 bits per heavy atom. The van der Waals surface area contributed by atoms with E-state index in [4.69, 9.17) is 10.00 Å². The van der Waals surface area contributed by atoms with Crippen molar-refractivity contribution in [2.24, 2.45) is 0 Å². The van der Waals surface area contributed by atoms with Gasteiger partial charge in [0.1, 0.15) is 29.9 Å². The van der Waals surface area contributed by atoms with Crippen molar-refractivity contribution >= 4 is 11.7 Å². The van der Waals surface area contributed by atoms with Crippen LogP contribution in [0.3, 0.4) is 0 Å². The lowest BCUT2D eigenvalue weighted by atomic mass is 9.77. The van der Waals surface area contributed by atoms with Crippen LogP contribution in [0.2, 0.25) is 0 Å². The van der Waals surface area contributed by atoms with Gasteiger partial charge in [-0.1, -0.05) is 0 Å². The molecule has 1 unspecified atom stereocenters. The number of halogens is 1. The minimum atomic E-state index is -0.601. The van der Waals surface area contributed by atoms with E-state index in [0.717, 1.165) is 31.6 Å². The molecule has 0 spiro atoms. The van der Waals surface area contributed by atoms with E-state index in [1.54, 1.807) is 23.2 Å². The molecule has 3 rings (SSSR count). The van der Waals surface area contributed by atoms with Crippen molar-refractivity contribution in [1.82, 2.24) is 14.9 Å². The Balaban J connectivity index is 1.62. The van der Waals surface area contributed by atoms with Crippen molar-refractivity contribution in [3.8, 4) is 6.07 Å². The van der Waals surface area contributed by atoms with Crippen molar-refractivity contribution in [3.63, 3.8) is 0 Å². The molecule has 1 saturated carbocycles. The van der Waals surface area contributed by atoms with E-state index in [1.165, 1.54) is 12.3 Å². The Labute approximate surface area is 188 Å². The second-order valence-electron chi connectivity index (χ2n) is 8.08. The van der Waals surface area contributed by atoms with Crippen LogP contribution in [-0.2, 0) is 15.1 Å². The average molecular weight is 440 g/mol. The molecular formula is C24H30FN5O2. The van der Waals surface area contributed by atoms with E-state index < -0.39 is 5.60 Å². The maximum Gasteiger partial charge on any atom is 0.248 e. The third kappa shape index (κ3) is 5.22. The lowest BCUT2D eigenvalue weighted by Gasteiger charge is -2.41. The highest BCUT2D eigenvalue weighted by Crippen LogP contribution is 2.43. The second kappa shape index (κ2) is 10.5. The zero-order valence-electron chi connectivity index (χ0n) is 18.9. The molecule has 0 radical (unpaired) electrons. The number of carbonyl (C=O) groups excluding carboxylic acids is 1. The first-order valence-electron chi connectivity index (χ1n) is 11.1. The molecule has 170 valence electrons. The van der Waals surface area contributed by atoms with Crippen LogP contribution in [0.1, 0.15) is 51.3 Å². The standard InChI is InChI=1S/C24H30FN5O2/c1-4-29(16-18(3)30(5-2)22-10-7-19(13-26)14-28-22)23(31)17-32-24(11-6-12-24)21-9-8-20(25)15-27-21/h7-10,14-15,18H,4-6,11-12,16-17H2,1-3H3. The van der Waals surface area contributed by atoms with Crippen LogP contribution in [-0.4, -0.2) is 53.1 Å². The molecule has 0 aromatic carbocycles. The van der Waals surface area contributed by atoms with Gasteiger partial charge in [-0.3, -0.25) is 9.78 Å². The fourth-order valence-corrected chi connectivity index (χ4v) is 4.06. The molecule has 2 aromatic heterocycles. The zero-order valence-corrected chi connectivity index (χ0v) is 18.9. The van der Waals surface area contributed by atoms with Crippen LogP contribution < -0.4 is 4.90 Å². The number of hydrogen-bond donors (Lipinski definition) is 0. The lowest BCUT2D eigenvalue weighted by Crippen LogP contribution is -2.47. The maximum absolute atomic E-state index is 13.3. The molecular weight excluding hydrogens is 409 g/mol. The summed E-state index contributed by atoms with van der Waals surface area (Å²) in [6, 6.07) is 8.70. The maximum atomic E-state index is 13.3. The predicted molar refractivity (Wildman–Crippen MR) is 119 cm³/mol. The molecule has 0 bridgehead atoms. The highest BCUT2D eigenvalue weighted by molar-refractivity contribution is 5.77. The molecule has 7 nitrogen and oxygen atoms in total. The molecule has 2 aromatic rings. The van der Waals surface area contributed by atoms with Crippen LogP contribution in [0.4, 0.5) is 10.2 Å². The van der Waals surface area contributed by atoms with Gasteiger partial charge in [-0.25, -0.2) is 9.37 Å². The van der Waals surface area contributed by atoms with E-state index >= 15 is 0 Å². The Morgan fingerprint density at radius 3 is 2.50 bits per heavy atom. The summed E-state index contributed by atoms with van der Waals surface area (Å²) in [5.41, 5.74) is 0.593. The van der Waals surface area contributed by atoms with Crippen molar-refractivity contribution in [2.75, 3.05) is 31.1 Å². The highest BCUT2D eigenvalue weighted by atomic mass is 19.1. The van der Waals surface area contributed by atoms with Crippen LogP contribution in [0.5, 0.6) is 0 Å². The molecule has 1 atom stereocenters. The van der Waals surface area contributed by atoms with E-state index in [1.807, 2.05) is 19.9 Å². The normalized spacial score (nSPS) is 15.3. The quantitative estimate of drug-likeness (QED) is 0.562. The lowest BCUT2D eigenvalue weighted by molar-refractivity contribution is -0.154. The minimum absolute atomic E-state index is 0.0285. The van der Waals surface area contributed by atoms with E-state index in [0.29, 0.717) is 24.3 Å². The average Bonchev–Trinajstić information content (AvgIpc) is 2.78. The number of aromatic nitrogens is 2. The van der Waals surface area contributed by atoms with Gasteiger partial charge in [0, 0.05) is 31.9 Å². The molecule has 32 heavy (non-hydrogen) atoms. The second-order valence-corrected chi connectivity index (χ2v) is 8.08. The van der Waals surface area contributed by atoms with E-state index in [-0.39, 0.29) is 24.4 Å². The predicted octanol–water partition coefficient (Wildman–Crippen LogP) is 3.65. The van der Waals surface area contributed by atoms with Gasteiger partial charge in [0.15, 0.2) is 0 Å². The first kappa shape index (κ1) is 23.6. The number of carbonyl (C=O) groups is 1. The summed E-state index contributed by atoms with van der Waals surface area (Å²) in [6.45, 7) is 7.80. The summed E-state index contributed by atoms with van der Waals surface area (Å²) in [6.07, 6.45) is 5.29. The molecule has 0 aliphatic heterocycles. The number of amides is 1. The highest BCUT2D eigenvalue weighted by Gasteiger charge is 2.42. The summed E-state index contributed by atoms with van der Waals surface area (Å²) in [7, 11) is 0. The number of rotatable bonds is 10. The van der Waals surface area contributed by atoms with Gasteiger partial charge < -0.3 is 14.5 Å². The van der Waals surface area contributed by atoms with Crippen molar-refractivity contribution in [3.05, 3.63) is 53.7 Å². The van der Waals surface area contributed by atoms with Gasteiger partial charge in [-0.15, -0.1) is 0 Å². The fourth-order valence-electron chi connectivity index (χ4n) is 4.06. The summed E-state index contributed by atoms with van der Waals surface area (Å²) in [5, 5.41) is 8.98. The van der Waals surface area contributed by atoms with Gasteiger partial charge in [0.05, 0.1) is 17.5 Å². The molecule has 1 aliphatic carbocycles. The van der Waals surface area contributed by atoms with Gasteiger partial charge in [0.2, 0.25) is 5.91 Å². The molecule has 2 heterocycles. The smallest absolute Gasteiger partial charge is 0.248 e. The molecule has 1 amide bonds.